The molecule has 1 N–H and O–H groups in total. The van der Waals surface area contributed by atoms with Gasteiger partial charge in [0.15, 0.2) is 5.50 Å². The predicted molar refractivity (Wildman–Crippen MR) is 160 cm³/mol. The molecule has 1 aliphatic carbocycles. The zero-order valence-electron chi connectivity index (χ0n) is 22.4. The lowest BCUT2D eigenvalue weighted by atomic mass is 9.85. The molecule has 3 atom stereocenters. The standard InChI is InChI=1S/C33H34FN3OS/c1-22-10-6-8-14-29(22)37-32(38)31(39-33(37)35-26-11-4-3-5-12-26)20-28-23(2)36(30-15-9-7-13-27(28)30)21-24-16-18-25(34)19-17-24/h3-5,7,9,11-13,15-20,22,29,33,35H,6,8,10,14,21H2,1-2H3/b31-20-/t22-,29+,33?/m1/s1. The summed E-state index contributed by atoms with van der Waals surface area (Å²) in [5.74, 6) is 0.356. The summed E-state index contributed by atoms with van der Waals surface area (Å²) in [6.07, 6.45) is 6.70. The number of hydrogen-bond donors (Lipinski definition) is 1. The van der Waals surface area contributed by atoms with Crippen LogP contribution in [0.5, 0.6) is 0 Å². The van der Waals surface area contributed by atoms with Crippen molar-refractivity contribution >= 4 is 40.3 Å². The molecule has 2 fully saturated rings. The molecule has 1 amide bonds. The Labute approximate surface area is 233 Å². The summed E-state index contributed by atoms with van der Waals surface area (Å²) in [4.78, 5) is 17.0. The van der Waals surface area contributed by atoms with Crippen molar-refractivity contribution in [3.05, 3.63) is 106 Å². The van der Waals surface area contributed by atoms with Crippen LogP contribution < -0.4 is 5.32 Å². The second kappa shape index (κ2) is 10.9. The van der Waals surface area contributed by atoms with Crippen molar-refractivity contribution < 1.29 is 9.18 Å². The van der Waals surface area contributed by atoms with Gasteiger partial charge in [0, 0.05) is 40.4 Å². The quantitative estimate of drug-likeness (QED) is 0.252. The van der Waals surface area contributed by atoms with Gasteiger partial charge in [0.25, 0.3) is 5.91 Å². The number of carbonyl (C=O) groups is 1. The summed E-state index contributed by atoms with van der Waals surface area (Å²) in [7, 11) is 0. The smallest absolute Gasteiger partial charge is 0.262 e. The van der Waals surface area contributed by atoms with E-state index in [9.17, 15) is 9.18 Å². The number of anilines is 1. The monoisotopic (exact) mass is 539 g/mol. The molecular formula is C33H34FN3OS. The lowest BCUT2D eigenvalue weighted by Gasteiger charge is -2.39. The van der Waals surface area contributed by atoms with E-state index in [0.717, 1.165) is 57.6 Å². The molecule has 3 aromatic carbocycles. The Morgan fingerprint density at radius 1 is 0.974 bits per heavy atom. The van der Waals surface area contributed by atoms with Crippen molar-refractivity contribution in [1.29, 1.82) is 0 Å². The highest BCUT2D eigenvalue weighted by Crippen LogP contribution is 2.43. The number of carbonyl (C=O) groups excluding carboxylic acids is 1. The minimum Gasteiger partial charge on any atom is -0.356 e. The number of halogens is 1. The van der Waals surface area contributed by atoms with Crippen LogP contribution in [0.2, 0.25) is 0 Å². The summed E-state index contributed by atoms with van der Waals surface area (Å²) in [6.45, 7) is 5.04. The molecule has 200 valence electrons. The molecule has 4 nitrogen and oxygen atoms in total. The lowest BCUT2D eigenvalue weighted by Crippen LogP contribution is -2.48. The Balaban J connectivity index is 1.39. The van der Waals surface area contributed by atoms with Gasteiger partial charge in [0.1, 0.15) is 5.82 Å². The topological polar surface area (TPSA) is 37.3 Å². The number of fused-ring (bicyclic) bond motifs is 1. The second-order valence-corrected chi connectivity index (χ2v) is 11.9. The first kappa shape index (κ1) is 25.8. The highest BCUT2D eigenvalue weighted by Gasteiger charge is 2.43. The number of benzene rings is 3. The summed E-state index contributed by atoms with van der Waals surface area (Å²) >= 11 is 1.62. The second-order valence-electron chi connectivity index (χ2n) is 10.8. The van der Waals surface area contributed by atoms with E-state index in [4.69, 9.17) is 0 Å². The molecule has 1 unspecified atom stereocenters. The van der Waals surface area contributed by atoms with Crippen LogP contribution in [0.3, 0.4) is 0 Å². The van der Waals surface area contributed by atoms with Gasteiger partial charge in [-0.2, -0.15) is 0 Å². The average molecular weight is 540 g/mol. The molecular weight excluding hydrogens is 505 g/mol. The first-order valence-electron chi connectivity index (χ1n) is 13.8. The SMILES string of the molecule is Cc1c(/C=C2\SC(Nc3ccccc3)N([C@H]3CCCC[C@H]3C)C2=O)c2ccccc2n1Cc1ccc(F)cc1. The van der Waals surface area contributed by atoms with Crippen LogP contribution in [0.25, 0.3) is 17.0 Å². The highest BCUT2D eigenvalue weighted by atomic mass is 32.2. The number of nitrogens with zero attached hydrogens (tertiary/aromatic N) is 2. The van der Waals surface area contributed by atoms with E-state index < -0.39 is 0 Å². The Morgan fingerprint density at radius 2 is 1.69 bits per heavy atom. The number of aromatic nitrogens is 1. The summed E-state index contributed by atoms with van der Waals surface area (Å²) < 4.78 is 15.8. The van der Waals surface area contributed by atoms with Crippen LogP contribution in [0.15, 0.2) is 83.8 Å². The molecule has 39 heavy (non-hydrogen) atoms. The van der Waals surface area contributed by atoms with E-state index in [0.29, 0.717) is 12.5 Å². The molecule has 1 saturated heterocycles. The van der Waals surface area contributed by atoms with E-state index in [-0.39, 0.29) is 23.3 Å². The molecule has 6 rings (SSSR count). The highest BCUT2D eigenvalue weighted by molar-refractivity contribution is 8.05. The molecule has 6 heteroatoms. The van der Waals surface area contributed by atoms with Gasteiger partial charge in [-0.25, -0.2) is 4.39 Å². The number of amides is 1. The normalized spacial score (nSPS) is 22.6. The Kier molecular flexibility index (Phi) is 7.22. The fourth-order valence-corrected chi connectivity index (χ4v) is 7.31. The third-order valence-corrected chi connectivity index (χ3v) is 9.35. The molecule has 0 radical (unpaired) electrons. The van der Waals surface area contributed by atoms with Gasteiger partial charge in [-0.1, -0.05) is 80.1 Å². The van der Waals surface area contributed by atoms with E-state index >= 15 is 0 Å². The summed E-state index contributed by atoms with van der Waals surface area (Å²) in [5.41, 5.74) is 5.18. The van der Waals surface area contributed by atoms with Crippen molar-refractivity contribution in [2.45, 2.75) is 57.6 Å². The first-order valence-corrected chi connectivity index (χ1v) is 14.7. The number of hydrogen-bond acceptors (Lipinski definition) is 3. The van der Waals surface area contributed by atoms with E-state index in [1.807, 2.05) is 42.5 Å². The zero-order chi connectivity index (χ0) is 26.9. The maximum Gasteiger partial charge on any atom is 0.262 e. The minimum atomic E-state index is -0.231. The molecule has 0 spiro atoms. The van der Waals surface area contributed by atoms with E-state index in [2.05, 4.69) is 59.0 Å². The number of thioether (sulfide) groups is 1. The van der Waals surface area contributed by atoms with Crippen molar-refractivity contribution in [3.63, 3.8) is 0 Å². The summed E-state index contributed by atoms with van der Waals surface area (Å²) in [6, 6.07) is 25.4. The van der Waals surface area contributed by atoms with Gasteiger partial charge in [-0.15, -0.1) is 0 Å². The third-order valence-electron chi connectivity index (χ3n) is 8.23. The predicted octanol–water partition coefficient (Wildman–Crippen LogP) is 8.03. The maximum atomic E-state index is 14.1. The van der Waals surface area contributed by atoms with Crippen LogP contribution in [-0.4, -0.2) is 26.9 Å². The Bertz CT molecular complexity index is 1510. The van der Waals surface area contributed by atoms with Gasteiger partial charge < -0.3 is 14.8 Å². The van der Waals surface area contributed by atoms with Crippen LogP contribution in [-0.2, 0) is 11.3 Å². The van der Waals surface area contributed by atoms with Gasteiger partial charge in [0.05, 0.1) is 4.91 Å². The van der Waals surface area contributed by atoms with Crippen LogP contribution >= 0.6 is 11.8 Å². The van der Waals surface area contributed by atoms with Gasteiger partial charge >= 0.3 is 0 Å². The fraction of sp³-hybridized carbons (Fsp3) is 0.303. The first-order chi connectivity index (χ1) is 19.0. The molecule has 2 heterocycles. The third kappa shape index (κ3) is 5.10. The lowest BCUT2D eigenvalue weighted by molar-refractivity contribution is -0.129. The zero-order valence-corrected chi connectivity index (χ0v) is 23.3. The van der Waals surface area contributed by atoms with Crippen LogP contribution in [0.1, 0.15) is 49.4 Å². The van der Waals surface area contributed by atoms with Crippen molar-refractivity contribution in [3.8, 4) is 0 Å². The van der Waals surface area contributed by atoms with E-state index in [1.165, 1.54) is 18.6 Å². The minimum absolute atomic E-state index is 0.113. The Morgan fingerprint density at radius 3 is 2.46 bits per heavy atom. The largest absolute Gasteiger partial charge is 0.356 e. The Hall–Kier alpha value is -3.51. The number of para-hydroxylation sites is 2. The number of nitrogens with one attached hydrogen (secondary N) is 1. The number of rotatable bonds is 6. The molecule has 1 aromatic heterocycles. The molecule has 0 bridgehead atoms. The molecule has 1 saturated carbocycles. The molecule has 1 aliphatic heterocycles. The van der Waals surface area contributed by atoms with E-state index in [1.54, 1.807) is 11.8 Å². The summed E-state index contributed by atoms with van der Waals surface area (Å²) in [5, 5.41) is 4.76. The fourth-order valence-electron chi connectivity index (χ4n) is 6.11. The molecule has 4 aromatic rings. The van der Waals surface area contributed by atoms with Crippen LogP contribution in [0, 0.1) is 18.7 Å². The van der Waals surface area contributed by atoms with Gasteiger partial charge in [-0.3, -0.25) is 4.79 Å². The van der Waals surface area contributed by atoms with Crippen LogP contribution in [0.4, 0.5) is 10.1 Å². The van der Waals surface area contributed by atoms with Gasteiger partial charge in [-0.05, 0) is 67.7 Å². The van der Waals surface area contributed by atoms with Gasteiger partial charge in [0.2, 0.25) is 0 Å². The maximum absolute atomic E-state index is 14.1. The van der Waals surface area contributed by atoms with Crippen molar-refractivity contribution in [2.75, 3.05) is 5.32 Å². The molecule has 2 aliphatic rings. The van der Waals surface area contributed by atoms with Crippen molar-refractivity contribution in [2.24, 2.45) is 5.92 Å². The van der Waals surface area contributed by atoms with Crippen molar-refractivity contribution in [1.82, 2.24) is 9.47 Å². The average Bonchev–Trinajstić information content (AvgIpc) is 3.39.